The lowest BCUT2D eigenvalue weighted by molar-refractivity contribution is 0.507. The van der Waals surface area contributed by atoms with Crippen LogP contribution in [0.25, 0.3) is 0 Å². The molecule has 0 heterocycles. The molecule has 2 atom stereocenters. The first kappa shape index (κ1) is 6.47. The molecule has 0 radical (unpaired) electrons. The molecule has 1 aliphatic carbocycles. The number of thiol groups is 1. The SMILES string of the molecule is CC(S)C(C)C1CC1. The van der Waals surface area contributed by atoms with Crippen molar-refractivity contribution in [1.29, 1.82) is 0 Å². The zero-order chi connectivity index (χ0) is 6.15. The molecular weight excluding hydrogens is 116 g/mol. The fraction of sp³-hybridized carbons (Fsp3) is 1.00. The standard InChI is InChI=1S/C7H14S/c1-5(6(2)8)7-3-4-7/h5-8H,3-4H2,1-2H3. The van der Waals surface area contributed by atoms with Gasteiger partial charge in [0.25, 0.3) is 0 Å². The first-order chi connectivity index (χ1) is 3.72. The highest BCUT2D eigenvalue weighted by atomic mass is 32.1. The fourth-order valence-electron chi connectivity index (χ4n) is 1.02. The molecule has 0 bridgehead atoms. The summed E-state index contributed by atoms with van der Waals surface area (Å²) in [5.41, 5.74) is 0. The maximum Gasteiger partial charge on any atom is 0.00167 e. The fourth-order valence-corrected chi connectivity index (χ4v) is 1.26. The predicted molar refractivity (Wildman–Crippen MR) is 40.3 cm³/mol. The zero-order valence-corrected chi connectivity index (χ0v) is 6.49. The summed E-state index contributed by atoms with van der Waals surface area (Å²) in [6.07, 6.45) is 2.90. The average molecular weight is 130 g/mol. The molecule has 0 aromatic carbocycles. The van der Waals surface area contributed by atoms with E-state index in [1.807, 2.05) is 0 Å². The highest BCUT2D eigenvalue weighted by Crippen LogP contribution is 2.39. The van der Waals surface area contributed by atoms with Gasteiger partial charge in [0.2, 0.25) is 0 Å². The Hall–Kier alpha value is 0.350. The first-order valence-electron chi connectivity index (χ1n) is 3.40. The van der Waals surface area contributed by atoms with Crippen LogP contribution in [0.5, 0.6) is 0 Å². The van der Waals surface area contributed by atoms with E-state index in [0.29, 0.717) is 5.25 Å². The molecule has 1 rings (SSSR count). The van der Waals surface area contributed by atoms with Gasteiger partial charge < -0.3 is 0 Å². The second-order valence-corrected chi connectivity index (χ2v) is 3.75. The summed E-state index contributed by atoms with van der Waals surface area (Å²) in [6.45, 7) is 4.49. The van der Waals surface area contributed by atoms with Gasteiger partial charge in [-0.15, -0.1) is 0 Å². The van der Waals surface area contributed by atoms with Crippen LogP contribution in [-0.4, -0.2) is 5.25 Å². The average Bonchev–Trinajstić information content (AvgIpc) is 2.43. The predicted octanol–water partition coefficient (Wildman–Crippen LogP) is 2.35. The Morgan fingerprint density at radius 1 is 1.38 bits per heavy atom. The van der Waals surface area contributed by atoms with Gasteiger partial charge in [-0.1, -0.05) is 13.8 Å². The van der Waals surface area contributed by atoms with E-state index in [9.17, 15) is 0 Å². The monoisotopic (exact) mass is 130 g/mol. The van der Waals surface area contributed by atoms with Gasteiger partial charge >= 0.3 is 0 Å². The van der Waals surface area contributed by atoms with Crippen molar-refractivity contribution >= 4 is 12.6 Å². The van der Waals surface area contributed by atoms with Crippen LogP contribution in [0, 0.1) is 11.8 Å². The molecule has 0 amide bonds. The molecule has 0 aliphatic heterocycles. The lowest BCUT2D eigenvalue weighted by atomic mass is 10.0. The van der Waals surface area contributed by atoms with Crippen molar-refractivity contribution in [2.75, 3.05) is 0 Å². The van der Waals surface area contributed by atoms with Crippen LogP contribution in [0.15, 0.2) is 0 Å². The van der Waals surface area contributed by atoms with E-state index in [-0.39, 0.29) is 0 Å². The molecule has 1 saturated carbocycles. The van der Waals surface area contributed by atoms with Crippen LogP contribution < -0.4 is 0 Å². The van der Waals surface area contributed by atoms with E-state index < -0.39 is 0 Å². The Kier molecular flexibility index (Phi) is 1.86. The van der Waals surface area contributed by atoms with Crippen molar-refractivity contribution in [3.05, 3.63) is 0 Å². The topological polar surface area (TPSA) is 0 Å². The minimum atomic E-state index is 0.600. The molecule has 8 heavy (non-hydrogen) atoms. The van der Waals surface area contributed by atoms with E-state index >= 15 is 0 Å². The van der Waals surface area contributed by atoms with Crippen molar-refractivity contribution in [2.45, 2.75) is 31.9 Å². The van der Waals surface area contributed by atoms with Crippen molar-refractivity contribution in [3.8, 4) is 0 Å². The van der Waals surface area contributed by atoms with Gasteiger partial charge in [-0.3, -0.25) is 0 Å². The van der Waals surface area contributed by atoms with E-state index in [1.54, 1.807) is 0 Å². The van der Waals surface area contributed by atoms with Crippen molar-refractivity contribution in [2.24, 2.45) is 11.8 Å². The lowest BCUT2D eigenvalue weighted by Crippen LogP contribution is -2.08. The molecule has 0 spiro atoms. The van der Waals surface area contributed by atoms with Gasteiger partial charge in [-0.25, -0.2) is 0 Å². The number of hydrogen-bond acceptors (Lipinski definition) is 1. The van der Waals surface area contributed by atoms with Gasteiger partial charge in [-0.2, -0.15) is 12.6 Å². The highest BCUT2D eigenvalue weighted by molar-refractivity contribution is 7.80. The van der Waals surface area contributed by atoms with Crippen LogP contribution in [-0.2, 0) is 0 Å². The molecule has 48 valence electrons. The Morgan fingerprint density at radius 3 is 2.00 bits per heavy atom. The number of rotatable bonds is 2. The molecule has 0 nitrogen and oxygen atoms in total. The highest BCUT2D eigenvalue weighted by Gasteiger charge is 2.29. The summed E-state index contributed by atoms with van der Waals surface area (Å²) in [5, 5.41) is 0.600. The van der Waals surface area contributed by atoms with Crippen LogP contribution in [0.3, 0.4) is 0 Å². The molecule has 1 heteroatoms. The molecular formula is C7H14S. The summed E-state index contributed by atoms with van der Waals surface area (Å²) in [5.74, 6) is 1.86. The normalized spacial score (nSPS) is 27.4. The quantitative estimate of drug-likeness (QED) is 0.545. The van der Waals surface area contributed by atoms with Gasteiger partial charge in [0, 0.05) is 5.25 Å². The smallest absolute Gasteiger partial charge is 0.00167 e. The summed E-state index contributed by atoms with van der Waals surface area (Å²) in [6, 6.07) is 0. The minimum Gasteiger partial charge on any atom is -0.176 e. The van der Waals surface area contributed by atoms with Crippen molar-refractivity contribution in [1.82, 2.24) is 0 Å². The Morgan fingerprint density at radius 2 is 1.88 bits per heavy atom. The molecule has 0 aromatic rings. The third-order valence-corrected chi connectivity index (χ3v) is 2.60. The molecule has 0 aromatic heterocycles. The largest absolute Gasteiger partial charge is 0.176 e. The van der Waals surface area contributed by atoms with E-state index in [0.717, 1.165) is 11.8 Å². The Balaban J connectivity index is 2.22. The van der Waals surface area contributed by atoms with E-state index in [4.69, 9.17) is 0 Å². The van der Waals surface area contributed by atoms with Gasteiger partial charge in [0.15, 0.2) is 0 Å². The second-order valence-electron chi connectivity index (χ2n) is 2.94. The van der Waals surface area contributed by atoms with Crippen LogP contribution in [0.2, 0.25) is 0 Å². The van der Waals surface area contributed by atoms with Gasteiger partial charge in [0.1, 0.15) is 0 Å². The van der Waals surface area contributed by atoms with E-state index in [2.05, 4.69) is 26.5 Å². The Labute approximate surface area is 57.1 Å². The van der Waals surface area contributed by atoms with Crippen LogP contribution >= 0.6 is 12.6 Å². The summed E-state index contributed by atoms with van der Waals surface area (Å²) >= 11 is 4.37. The summed E-state index contributed by atoms with van der Waals surface area (Å²) in [4.78, 5) is 0. The molecule has 0 saturated heterocycles. The third-order valence-electron chi connectivity index (χ3n) is 2.13. The maximum atomic E-state index is 4.37. The first-order valence-corrected chi connectivity index (χ1v) is 3.91. The zero-order valence-electron chi connectivity index (χ0n) is 5.59. The summed E-state index contributed by atoms with van der Waals surface area (Å²) in [7, 11) is 0. The van der Waals surface area contributed by atoms with E-state index in [1.165, 1.54) is 12.8 Å². The van der Waals surface area contributed by atoms with Gasteiger partial charge in [0.05, 0.1) is 0 Å². The number of hydrogen-bond donors (Lipinski definition) is 1. The minimum absolute atomic E-state index is 0.600. The van der Waals surface area contributed by atoms with Crippen molar-refractivity contribution in [3.63, 3.8) is 0 Å². The Bertz CT molecular complexity index is 72.5. The molecule has 0 N–H and O–H groups in total. The lowest BCUT2D eigenvalue weighted by Gasteiger charge is -2.11. The maximum absolute atomic E-state index is 4.37. The second kappa shape index (κ2) is 2.30. The molecule has 1 aliphatic rings. The van der Waals surface area contributed by atoms with Crippen LogP contribution in [0.1, 0.15) is 26.7 Å². The molecule has 2 unspecified atom stereocenters. The molecule has 1 fully saturated rings. The van der Waals surface area contributed by atoms with Crippen molar-refractivity contribution < 1.29 is 0 Å². The van der Waals surface area contributed by atoms with Crippen LogP contribution in [0.4, 0.5) is 0 Å². The summed E-state index contributed by atoms with van der Waals surface area (Å²) < 4.78 is 0. The van der Waals surface area contributed by atoms with Gasteiger partial charge in [-0.05, 0) is 24.7 Å². The third kappa shape index (κ3) is 1.41.